The average Bonchev–Trinajstić information content (AvgIpc) is 2.73. The van der Waals surface area contributed by atoms with Crippen molar-refractivity contribution in [1.29, 1.82) is 0 Å². The summed E-state index contributed by atoms with van der Waals surface area (Å²) >= 11 is 0. The van der Waals surface area contributed by atoms with Crippen molar-refractivity contribution < 1.29 is 4.79 Å². The Morgan fingerprint density at radius 3 is 2.53 bits per heavy atom. The van der Waals surface area contributed by atoms with Crippen molar-refractivity contribution in [1.82, 2.24) is 24.6 Å². The molecule has 1 aromatic rings. The maximum absolute atomic E-state index is 12.4. The molecule has 1 aromatic heterocycles. The highest BCUT2D eigenvalue weighted by Gasteiger charge is 2.35. The quantitative estimate of drug-likeness (QED) is 0.747. The first-order valence-electron chi connectivity index (χ1n) is 6.64. The van der Waals surface area contributed by atoms with Gasteiger partial charge in [0.1, 0.15) is 6.33 Å². The van der Waals surface area contributed by atoms with Gasteiger partial charge in [-0.3, -0.25) is 9.69 Å². The van der Waals surface area contributed by atoms with Crippen molar-refractivity contribution in [2.75, 3.05) is 26.7 Å². The summed E-state index contributed by atoms with van der Waals surface area (Å²) < 4.78 is 1.53. The molecule has 1 unspecified atom stereocenters. The molecular weight excluding hydrogens is 242 g/mol. The van der Waals surface area contributed by atoms with Crippen molar-refractivity contribution >= 4 is 5.91 Å². The Hall–Kier alpha value is -1.43. The number of aryl methyl sites for hydroxylation is 1. The molecule has 1 amide bonds. The average molecular weight is 265 g/mol. The van der Waals surface area contributed by atoms with E-state index in [4.69, 9.17) is 0 Å². The normalized spacial score (nSPS) is 21.7. The zero-order chi connectivity index (χ0) is 14.2. The van der Waals surface area contributed by atoms with Gasteiger partial charge in [0.2, 0.25) is 5.82 Å². The SMILES string of the molecule is CN1CCN(C(=O)c2ncnn2C)CC1C(C)(C)C. The number of rotatable bonds is 1. The molecule has 0 aromatic carbocycles. The lowest BCUT2D eigenvalue weighted by Crippen LogP contribution is -2.57. The van der Waals surface area contributed by atoms with E-state index >= 15 is 0 Å². The van der Waals surface area contributed by atoms with Crippen LogP contribution in [0.15, 0.2) is 6.33 Å². The predicted octanol–water partition coefficient (Wildman–Crippen LogP) is 0.617. The second-order valence-electron chi connectivity index (χ2n) is 6.32. The summed E-state index contributed by atoms with van der Waals surface area (Å²) in [6, 6.07) is 0.360. The Morgan fingerprint density at radius 2 is 2.00 bits per heavy atom. The standard InChI is InChI=1S/C13H23N5O/c1-13(2,3)10-8-18(7-6-16(10)4)12(19)11-14-9-15-17(11)5/h9-10H,6-8H2,1-5H3. The van der Waals surface area contributed by atoms with E-state index in [9.17, 15) is 4.79 Å². The van der Waals surface area contributed by atoms with Gasteiger partial charge < -0.3 is 4.90 Å². The zero-order valence-electron chi connectivity index (χ0n) is 12.4. The molecule has 0 N–H and O–H groups in total. The largest absolute Gasteiger partial charge is 0.333 e. The second kappa shape index (κ2) is 4.92. The Balaban J connectivity index is 2.15. The maximum atomic E-state index is 12.4. The fourth-order valence-electron chi connectivity index (χ4n) is 2.62. The summed E-state index contributed by atoms with van der Waals surface area (Å²) in [6.45, 7) is 9.02. The monoisotopic (exact) mass is 265 g/mol. The number of likely N-dealkylation sites (N-methyl/N-ethyl adjacent to an activating group) is 1. The van der Waals surface area contributed by atoms with Gasteiger partial charge in [0, 0.05) is 32.7 Å². The molecule has 1 saturated heterocycles. The molecule has 6 nitrogen and oxygen atoms in total. The summed E-state index contributed by atoms with van der Waals surface area (Å²) in [5.41, 5.74) is 0.146. The van der Waals surface area contributed by atoms with E-state index in [1.54, 1.807) is 7.05 Å². The van der Waals surface area contributed by atoms with E-state index in [-0.39, 0.29) is 11.3 Å². The van der Waals surface area contributed by atoms with Crippen LogP contribution in [-0.2, 0) is 7.05 Å². The molecule has 0 bridgehead atoms. The molecule has 1 aliphatic heterocycles. The van der Waals surface area contributed by atoms with Gasteiger partial charge in [-0.2, -0.15) is 5.10 Å². The van der Waals surface area contributed by atoms with E-state index in [1.807, 2.05) is 4.90 Å². The van der Waals surface area contributed by atoms with Crippen LogP contribution in [0.25, 0.3) is 0 Å². The minimum absolute atomic E-state index is 0.0256. The first-order valence-corrected chi connectivity index (χ1v) is 6.64. The number of amides is 1. The number of piperazine rings is 1. The van der Waals surface area contributed by atoms with Gasteiger partial charge in [0.05, 0.1) is 0 Å². The van der Waals surface area contributed by atoms with E-state index in [1.165, 1.54) is 11.0 Å². The van der Waals surface area contributed by atoms with Crippen molar-refractivity contribution in [3.8, 4) is 0 Å². The van der Waals surface area contributed by atoms with Crippen LogP contribution in [0.5, 0.6) is 0 Å². The summed E-state index contributed by atoms with van der Waals surface area (Å²) in [4.78, 5) is 20.7. The molecular formula is C13H23N5O. The Bertz CT molecular complexity index is 462. The van der Waals surface area contributed by atoms with Gasteiger partial charge in [0.15, 0.2) is 0 Å². The molecule has 1 atom stereocenters. The molecule has 2 heterocycles. The fraction of sp³-hybridized carbons (Fsp3) is 0.769. The van der Waals surface area contributed by atoms with Gasteiger partial charge in [-0.15, -0.1) is 0 Å². The fourth-order valence-corrected chi connectivity index (χ4v) is 2.62. The smallest absolute Gasteiger partial charge is 0.291 e. The van der Waals surface area contributed by atoms with Gasteiger partial charge in [-0.25, -0.2) is 9.67 Å². The molecule has 0 aliphatic carbocycles. The second-order valence-corrected chi connectivity index (χ2v) is 6.32. The molecule has 19 heavy (non-hydrogen) atoms. The Morgan fingerprint density at radius 1 is 1.32 bits per heavy atom. The number of carbonyl (C=O) groups is 1. The Labute approximate surface area is 114 Å². The van der Waals surface area contributed by atoms with Crippen molar-refractivity contribution in [3.05, 3.63) is 12.2 Å². The van der Waals surface area contributed by atoms with Crippen LogP contribution in [-0.4, -0.2) is 63.2 Å². The highest BCUT2D eigenvalue weighted by Crippen LogP contribution is 2.27. The van der Waals surface area contributed by atoms with Crippen molar-refractivity contribution in [3.63, 3.8) is 0 Å². The minimum Gasteiger partial charge on any atom is -0.333 e. The zero-order valence-corrected chi connectivity index (χ0v) is 12.4. The predicted molar refractivity (Wildman–Crippen MR) is 72.8 cm³/mol. The third-order valence-corrected chi connectivity index (χ3v) is 3.84. The van der Waals surface area contributed by atoms with Gasteiger partial charge in [-0.1, -0.05) is 20.8 Å². The highest BCUT2D eigenvalue weighted by molar-refractivity contribution is 5.90. The van der Waals surface area contributed by atoms with E-state index in [2.05, 4.69) is 42.8 Å². The lowest BCUT2D eigenvalue weighted by molar-refractivity contribution is 0.0271. The third-order valence-electron chi connectivity index (χ3n) is 3.84. The number of hydrogen-bond acceptors (Lipinski definition) is 4. The molecule has 106 valence electrons. The number of hydrogen-bond donors (Lipinski definition) is 0. The molecule has 6 heteroatoms. The van der Waals surface area contributed by atoms with Crippen LogP contribution in [0, 0.1) is 5.41 Å². The summed E-state index contributed by atoms with van der Waals surface area (Å²) in [7, 11) is 3.87. The summed E-state index contributed by atoms with van der Waals surface area (Å²) in [6.07, 6.45) is 1.42. The van der Waals surface area contributed by atoms with Crippen molar-refractivity contribution in [2.24, 2.45) is 12.5 Å². The summed E-state index contributed by atoms with van der Waals surface area (Å²) in [5.74, 6) is 0.388. The Kier molecular flexibility index (Phi) is 3.62. The van der Waals surface area contributed by atoms with Gasteiger partial charge >= 0.3 is 0 Å². The lowest BCUT2D eigenvalue weighted by atomic mass is 9.84. The van der Waals surface area contributed by atoms with Crippen LogP contribution in [0.4, 0.5) is 0 Å². The van der Waals surface area contributed by atoms with Gasteiger partial charge in [-0.05, 0) is 12.5 Å². The first kappa shape index (κ1) is 14.0. The van der Waals surface area contributed by atoms with Crippen LogP contribution in [0.1, 0.15) is 31.4 Å². The van der Waals surface area contributed by atoms with E-state index < -0.39 is 0 Å². The van der Waals surface area contributed by atoms with Crippen LogP contribution in [0.2, 0.25) is 0 Å². The minimum atomic E-state index is -0.0256. The molecule has 1 aliphatic rings. The van der Waals surface area contributed by atoms with Crippen LogP contribution >= 0.6 is 0 Å². The number of nitrogens with zero attached hydrogens (tertiary/aromatic N) is 5. The molecule has 1 fully saturated rings. The summed E-state index contributed by atoms with van der Waals surface area (Å²) in [5, 5.41) is 3.96. The number of aromatic nitrogens is 3. The van der Waals surface area contributed by atoms with E-state index in [0.29, 0.717) is 11.9 Å². The lowest BCUT2D eigenvalue weighted by Gasteiger charge is -2.45. The molecule has 0 radical (unpaired) electrons. The third kappa shape index (κ3) is 2.78. The van der Waals surface area contributed by atoms with Crippen molar-refractivity contribution in [2.45, 2.75) is 26.8 Å². The molecule has 2 rings (SSSR count). The molecule has 0 saturated carbocycles. The topological polar surface area (TPSA) is 54.3 Å². The maximum Gasteiger partial charge on any atom is 0.291 e. The highest BCUT2D eigenvalue weighted by atomic mass is 16.2. The first-order chi connectivity index (χ1) is 8.80. The molecule has 0 spiro atoms. The van der Waals surface area contributed by atoms with Crippen LogP contribution < -0.4 is 0 Å². The van der Waals surface area contributed by atoms with Crippen LogP contribution in [0.3, 0.4) is 0 Å². The van der Waals surface area contributed by atoms with Gasteiger partial charge in [0.25, 0.3) is 5.91 Å². The van der Waals surface area contributed by atoms with E-state index in [0.717, 1.165) is 19.6 Å². The number of carbonyl (C=O) groups excluding carboxylic acids is 1.